The van der Waals surface area contributed by atoms with Crippen LogP contribution in [0.4, 0.5) is 0 Å². The quantitative estimate of drug-likeness (QED) is 0.527. The molecule has 0 amide bonds. The van der Waals surface area contributed by atoms with Crippen LogP contribution in [-0.2, 0) is 13.6 Å². The van der Waals surface area contributed by atoms with E-state index in [1.807, 2.05) is 30.3 Å². The summed E-state index contributed by atoms with van der Waals surface area (Å²) in [4.78, 5) is 36.9. The third-order valence-electron chi connectivity index (χ3n) is 5.02. The molecule has 0 spiro atoms. The van der Waals surface area contributed by atoms with Crippen LogP contribution in [0.5, 0.6) is 0 Å². The van der Waals surface area contributed by atoms with Gasteiger partial charge in [-0.3, -0.25) is 13.9 Å². The molecule has 1 heterocycles. The largest absolute Gasteiger partial charge is 0.478 e. The van der Waals surface area contributed by atoms with Crippen molar-refractivity contribution >= 4 is 16.9 Å². The molecule has 1 aromatic heterocycles. The van der Waals surface area contributed by atoms with Crippen LogP contribution in [0.1, 0.15) is 27.0 Å². The Kier molecular flexibility index (Phi) is 5.25. The normalized spacial score (nSPS) is 10.5. The molecule has 4 rings (SSSR count). The summed E-state index contributed by atoms with van der Waals surface area (Å²) in [6.07, 6.45) is 0. The number of benzene rings is 3. The molecular formula is C25H18N2O4. The molecule has 152 valence electrons. The Balaban J connectivity index is 1.78. The highest BCUT2D eigenvalue weighted by Gasteiger charge is 2.12. The molecule has 0 aliphatic rings. The summed E-state index contributed by atoms with van der Waals surface area (Å²) in [5.41, 5.74) is 2.01. The van der Waals surface area contributed by atoms with E-state index >= 15 is 0 Å². The number of fused-ring (bicyclic) bond motifs is 1. The summed E-state index contributed by atoms with van der Waals surface area (Å²) < 4.78 is 2.57. The van der Waals surface area contributed by atoms with Crippen LogP contribution in [0.3, 0.4) is 0 Å². The SMILES string of the molecule is Cn1c(=O)n(Cc2ccc(C(=O)O)cc2)c(=O)c2cc(C#Cc3ccccc3)ccc21. The number of nitrogens with zero attached hydrogens (tertiary/aromatic N) is 2. The van der Waals surface area contributed by atoms with Gasteiger partial charge in [0.1, 0.15) is 0 Å². The third kappa shape index (κ3) is 4.02. The summed E-state index contributed by atoms with van der Waals surface area (Å²) >= 11 is 0. The van der Waals surface area contributed by atoms with E-state index in [0.29, 0.717) is 22.0 Å². The van der Waals surface area contributed by atoms with Gasteiger partial charge in [0.25, 0.3) is 5.56 Å². The lowest BCUT2D eigenvalue weighted by Gasteiger charge is -2.11. The van der Waals surface area contributed by atoms with E-state index < -0.39 is 17.2 Å². The Labute approximate surface area is 177 Å². The predicted octanol–water partition coefficient (Wildman–Crippen LogP) is 2.85. The van der Waals surface area contributed by atoms with E-state index in [9.17, 15) is 14.4 Å². The minimum atomic E-state index is -1.03. The molecule has 0 radical (unpaired) electrons. The Morgan fingerprint density at radius 3 is 2.26 bits per heavy atom. The van der Waals surface area contributed by atoms with E-state index in [-0.39, 0.29) is 12.1 Å². The van der Waals surface area contributed by atoms with Crippen molar-refractivity contribution in [3.8, 4) is 11.8 Å². The van der Waals surface area contributed by atoms with E-state index in [1.165, 1.54) is 16.7 Å². The average molecular weight is 410 g/mol. The van der Waals surface area contributed by atoms with Crippen molar-refractivity contribution in [3.63, 3.8) is 0 Å². The standard InChI is InChI=1S/C25H18N2O4/c1-26-22-14-11-18(8-7-17-5-3-2-4-6-17)15-21(22)23(28)27(25(26)31)16-19-9-12-20(13-10-19)24(29)30/h2-6,9-15H,16H2,1H3,(H,29,30). The fourth-order valence-electron chi connectivity index (χ4n) is 3.33. The van der Waals surface area contributed by atoms with Crippen molar-refractivity contribution in [3.05, 3.63) is 116 Å². The first kappa shape index (κ1) is 19.9. The molecule has 0 saturated heterocycles. The lowest BCUT2D eigenvalue weighted by atomic mass is 10.1. The number of aryl methyl sites for hydroxylation is 1. The molecule has 0 aliphatic carbocycles. The Bertz CT molecular complexity index is 1470. The zero-order valence-electron chi connectivity index (χ0n) is 16.7. The lowest BCUT2D eigenvalue weighted by molar-refractivity contribution is 0.0697. The van der Waals surface area contributed by atoms with Gasteiger partial charge < -0.3 is 5.11 Å². The van der Waals surface area contributed by atoms with Crippen LogP contribution in [0.25, 0.3) is 10.9 Å². The van der Waals surface area contributed by atoms with E-state index in [1.54, 1.807) is 37.4 Å². The fourth-order valence-corrected chi connectivity index (χ4v) is 3.33. The van der Waals surface area contributed by atoms with Crippen molar-refractivity contribution in [1.82, 2.24) is 9.13 Å². The van der Waals surface area contributed by atoms with Gasteiger partial charge in [-0.25, -0.2) is 9.59 Å². The highest BCUT2D eigenvalue weighted by atomic mass is 16.4. The molecule has 31 heavy (non-hydrogen) atoms. The van der Waals surface area contributed by atoms with Gasteiger partial charge in [-0.15, -0.1) is 0 Å². The van der Waals surface area contributed by atoms with Crippen molar-refractivity contribution < 1.29 is 9.90 Å². The van der Waals surface area contributed by atoms with Gasteiger partial charge in [-0.2, -0.15) is 0 Å². The highest BCUT2D eigenvalue weighted by Crippen LogP contribution is 2.11. The minimum Gasteiger partial charge on any atom is -0.478 e. The fraction of sp³-hybridized carbons (Fsp3) is 0.0800. The molecule has 6 heteroatoms. The summed E-state index contributed by atoms with van der Waals surface area (Å²) in [7, 11) is 1.61. The maximum atomic E-state index is 13.1. The molecule has 0 bridgehead atoms. The second kappa shape index (κ2) is 8.17. The van der Waals surface area contributed by atoms with Crippen LogP contribution in [0.15, 0.2) is 82.4 Å². The first-order valence-electron chi connectivity index (χ1n) is 9.57. The van der Waals surface area contributed by atoms with Crippen LogP contribution in [-0.4, -0.2) is 20.2 Å². The van der Waals surface area contributed by atoms with Crippen LogP contribution < -0.4 is 11.2 Å². The third-order valence-corrected chi connectivity index (χ3v) is 5.02. The second-order valence-corrected chi connectivity index (χ2v) is 7.08. The first-order valence-corrected chi connectivity index (χ1v) is 9.57. The summed E-state index contributed by atoms with van der Waals surface area (Å²) in [6, 6.07) is 20.8. The number of aromatic nitrogens is 2. The van der Waals surface area contributed by atoms with Crippen molar-refractivity contribution in [1.29, 1.82) is 0 Å². The number of carbonyl (C=O) groups is 1. The summed E-state index contributed by atoms with van der Waals surface area (Å²) in [6.45, 7) is 0.0429. The zero-order valence-corrected chi connectivity index (χ0v) is 16.7. The summed E-state index contributed by atoms with van der Waals surface area (Å²) in [5.74, 6) is 5.09. The summed E-state index contributed by atoms with van der Waals surface area (Å²) in [5, 5.41) is 9.42. The maximum absolute atomic E-state index is 13.1. The zero-order chi connectivity index (χ0) is 22.0. The van der Waals surface area contributed by atoms with E-state index in [4.69, 9.17) is 5.11 Å². The van der Waals surface area contributed by atoms with Crippen molar-refractivity contribution in [2.45, 2.75) is 6.54 Å². The number of aromatic carboxylic acids is 1. The van der Waals surface area contributed by atoms with Gasteiger partial charge in [-0.05, 0) is 48.0 Å². The van der Waals surface area contributed by atoms with Gasteiger partial charge in [0, 0.05) is 18.2 Å². The Morgan fingerprint density at radius 2 is 1.58 bits per heavy atom. The minimum absolute atomic E-state index is 0.0429. The molecular weight excluding hydrogens is 392 g/mol. The van der Waals surface area contributed by atoms with Gasteiger partial charge in [0.05, 0.1) is 23.0 Å². The average Bonchev–Trinajstić information content (AvgIpc) is 2.80. The number of hydrogen-bond donors (Lipinski definition) is 1. The molecule has 1 N–H and O–H groups in total. The number of carboxylic acids is 1. The molecule has 0 unspecified atom stereocenters. The molecule has 3 aromatic carbocycles. The van der Waals surface area contributed by atoms with Gasteiger partial charge in [0.2, 0.25) is 0 Å². The first-order chi connectivity index (χ1) is 14.9. The van der Waals surface area contributed by atoms with Crippen LogP contribution >= 0.6 is 0 Å². The maximum Gasteiger partial charge on any atom is 0.335 e. The number of carboxylic acid groups (broad SMARTS) is 1. The van der Waals surface area contributed by atoms with Crippen molar-refractivity contribution in [2.24, 2.45) is 7.05 Å². The monoisotopic (exact) mass is 410 g/mol. The van der Waals surface area contributed by atoms with Gasteiger partial charge in [0.15, 0.2) is 0 Å². The van der Waals surface area contributed by atoms with E-state index in [0.717, 1.165) is 10.1 Å². The molecule has 0 atom stereocenters. The van der Waals surface area contributed by atoms with Gasteiger partial charge in [-0.1, -0.05) is 42.2 Å². The van der Waals surface area contributed by atoms with Gasteiger partial charge >= 0.3 is 11.7 Å². The topological polar surface area (TPSA) is 81.3 Å². The highest BCUT2D eigenvalue weighted by molar-refractivity contribution is 5.87. The molecule has 6 nitrogen and oxygen atoms in total. The molecule has 0 saturated carbocycles. The predicted molar refractivity (Wildman–Crippen MR) is 118 cm³/mol. The number of hydrogen-bond acceptors (Lipinski definition) is 3. The Hall–Kier alpha value is -4.37. The van der Waals surface area contributed by atoms with E-state index in [2.05, 4.69) is 11.8 Å². The lowest BCUT2D eigenvalue weighted by Crippen LogP contribution is -2.39. The van der Waals surface area contributed by atoms with Crippen molar-refractivity contribution in [2.75, 3.05) is 0 Å². The molecule has 0 aliphatic heterocycles. The molecule has 0 fully saturated rings. The smallest absolute Gasteiger partial charge is 0.335 e. The second-order valence-electron chi connectivity index (χ2n) is 7.08. The molecule has 4 aromatic rings. The van der Waals surface area contributed by atoms with Crippen LogP contribution in [0.2, 0.25) is 0 Å². The number of rotatable bonds is 3. The van der Waals surface area contributed by atoms with Crippen LogP contribution in [0, 0.1) is 11.8 Å². The Morgan fingerprint density at radius 1 is 0.903 bits per heavy atom.